The number of aliphatic hydroxyl groups excluding tert-OH is 13. The van der Waals surface area contributed by atoms with Crippen molar-refractivity contribution in [2.24, 2.45) is 0 Å². The molecule has 0 spiro atoms. The average Bonchev–Trinajstić information content (AvgIpc) is 3.07. The summed E-state index contributed by atoms with van der Waals surface area (Å²) in [6.07, 6.45) is -33.9. The SMILES string of the molecule is CCCOC1[C@H](O)C(CO)O[C@H](OC2[C@H](O)C(CO)O[C@H](OC3[C@H](O)C(CO)O[C@H](OC4C(O)OC(CO)[C@@H](O)[C@@H]4O)[C@@H]3O)[C@@H]2O)[C@@H]1O. The number of ether oxygens (including phenoxy) is 8. The van der Waals surface area contributed by atoms with Gasteiger partial charge in [0.1, 0.15) is 97.7 Å². The smallest absolute Gasteiger partial charge is 0.187 e. The molecule has 9 unspecified atom stereocenters. The van der Waals surface area contributed by atoms with Gasteiger partial charge in [0.05, 0.1) is 26.4 Å². The van der Waals surface area contributed by atoms with Gasteiger partial charge in [-0.15, -0.1) is 0 Å². The van der Waals surface area contributed by atoms with Crippen LogP contribution in [0.3, 0.4) is 0 Å². The van der Waals surface area contributed by atoms with E-state index in [9.17, 15) is 66.4 Å². The van der Waals surface area contributed by atoms with Gasteiger partial charge in [0.15, 0.2) is 25.2 Å². The van der Waals surface area contributed by atoms with E-state index in [4.69, 9.17) is 37.9 Å². The first-order valence-corrected chi connectivity index (χ1v) is 15.6. The molecule has 0 aromatic carbocycles. The molecule has 282 valence electrons. The highest BCUT2D eigenvalue weighted by atomic mass is 16.8. The summed E-state index contributed by atoms with van der Waals surface area (Å²) in [6, 6.07) is 0. The van der Waals surface area contributed by atoms with Crippen molar-refractivity contribution in [3.63, 3.8) is 0 Å². The van der Waals surface area contributed by atoms with Gasteiger partial charge in [0.2, 0.25) is 0 Å². The molecular weight excluding hydrogens is 660 g/mol. The van der Waals surface area contributed by atoms with Crippen molar-refractivity contribution in [2.45, 2.75) is 136 Å². The van der Waals surface area contributed by atoms with E-state index >= 15 is 0 Å². The topological polar surface area (TPSA) is 337 Å². The minimum absolute atomic E-state index is 0.111. The Morgan fingerprint density at radius 2 is 0.771 bits per heavy atom. The predicted molar refractivity (Wildman–Crippen MR) is 148 cm³/mol. The Balaban J connectivity index is 1.52. The first kappa shape index (κ1) is 39.9. The maximum absolute atomic E-state index is 11.2. The summed E-state index contributed by atoms with van der Waals surface area (Å²) in [4.78, 5) is 0. The monoisotopic (exact) mass is 708 g/mol. The van der Waals surface area contributed by atoms with E-state index in [1.165, 1.54) is 0 Å². The molecule has 0 aliphatic carbocycles. The molecular formula is C27H48O21. The molecule has 20 atom stereocenters. The Hall–Kier alpha value is -0.840. The van der Waals surface area contributed by atoms with E-state index < -0.39 is 149 Å². The second-order valence-electron chi connectivity index (χ2n) is 12.0. The number of hydrogen-bond donors (Lipinski definition) is 13. The van der Waals surface area contributed by atoms with E-state index in [0.717, 1.165) is 0 Å². The standard InChI is InChI=1S/C27H48O21/c1-2-3-41-20-13(33)9(5-29)43-25(17(20)37)46-21-14(34)10(6-30)44-26(18(21)38)47-22-15(35)11(7-31)45-27(19(22)39)48-23-16(36)12(32)8(4-28)42-24(23)40/h8-40H,2-7H2,1H3/t8?,9?,10?,11?,12-,13-,14-,15-,16+,17-,18-,19-,20?,21?,22?,23?,24?,25-,26-,27-/m1/s1. The highest BCUT2D eigenvalue weighted by Crippen LogP contribution is 2.34. The molecule has 0 radical (unpaired) electrons. The fourth-order valence-electron chi connectivity index (χ4n) is 5.95. The van der Waals surface area contributed by atoms with Gasteiger partial charge in [0, 0.05) is 6.61 Å². The highest BCUT2D eigenvalue weighted by Gasteiger charge is 2.55. The van der Waals surface area contributed by atoms with Crippen molar-refractivity contribution >= 4 is 0 Å². The molecule has 0 aromatic heterocycles. The van der Waals surface area contributed by atoms with Crippen molar-refractivity contribution in [1.29, 1.82) is 0 Å². The minimum atomic E-state index is -2.03. The van der Waals surface area contributed by atoms with Gasteiger partial charge < -0.3 is 104 Å². The van der Waals surface area contributed by atoms with Gasteiger partial charge in [0.25, 0.3) is 0 Å². The van der Waals surface area contributed by atoms with Gasteiger partial charge in [-0.2, -0.15) is 0 Å². The molecule has 0 saturated carbocycles. The zero-order valence-corrected chi connectivity index (χ0v) is 25.9. The van der Waals surface area contributed by atoms with E-state index in [1.54, 1.807) is 6.92 Å². The summed E-state index contributed by atoms with van der Waals surface area (Å²) >= 11 is 0. The lowest BCUT2D eigenvalue weighted by atomic mass is 9.95. The largest absolute Gasteiger partial charge is 0.394 e. The number of hydrogen-bond acceptors (Lipinski definition) is 21. The Labute approximate surface area is 273 Å². The molecule has 4 fully saturated rings. The Morgan fingerprint density at radius 3 is 1.17 bits per heavy atom. The van der Waals surface area contributed by atoms with Gasteiger partial charge in [-0.1, -0.05) is 6.92 Å². The lowest BCUT2D eigenvalue weighted by Crippen LogP contribution is -2.67. The molecule has 4 rings (SSSR count). The van der Waals surface area contributed by atoms with Crippen LogP contribution in [0.1, 0.15) is 13.3 Å². The first-order valence-electron chi connectivity index (χ1n) is 15.6. The molecule has 4 heterocycles. The molecule has 21 heteroatoms. The lowest BCUT2D eigenvalue weighted by Gasteiger charge is -2.49. The fraction of sp³-hybridized carbons (Fsp3) is 1.00. The van der Waals surface area contributed by atoms with Crippen LogP contribution < -0.4 is 0 Å². The fourth-order valence-corrected chi connectivity index (χ4v) is 5.95. The summed E-state index contributed by atoms with van der Waals surface area (Å²) in [6.45, 7) is -1.36. The van der Waals surface area contributed by atoms with Crippen molar-refractivity contribution in [3.05, 3.63) is 0 Å². The molecule has 13 N–H and O–H groups in total. The van der Waals surface area contributed by atoms with Gasteiger partial charge in [-0.25, -0.2) is 0 Å². The second kappa shape index (κ2) is 17.6. The quantitative estimate of drug-likeness (QED) is 0.0844. The van der Waals surface area contributed by atoms with Crippen LogP contribution >= 0.6 is 0 Å². The van der Waals surface area contributed by atoms with Gasteiger partial charge in [-0.05, 0) is 6.42 Å². The predicted octanol–water partition coefficient (Wildman–Crippen LogP) is -8.31. The van der Waals surface area contributed by atoms with E-state index in [1.807, 2.05) is 0 Å². The first-order chi connectivity index (χ1) is 22.8. The third kappa shape index (κ3) is 8.28. The average molecular weight is 709 g/mol. The minimum Gasteiger partial charge on any atom is -0.394 e. The van der Waals surface area contributed by atoms with E-state index in [2.05, 4.69) is 0 Å². The normalized spacial score (nSPS) is 50.4. The summed E-state index contributed by atoms with van der Waals surface area (Å²) in [5, 5.41) is 135. The third-order valence-corrected chi connectivity index (χ3v) is 8.70. The summed E-state index contributed by atoms with van der Waals surface area (Å²) in [7, 11) is 0. The molecule has 4 aliphatic heterocycles. The Kier molecular flexibility index (Phi) is 14.6. The molecule has 48 heavy (non-hydrogen) atoms. The van der Waals surface area contributed by atoms with Gasteiger partial charge in [-0.3, -0.25) is 0 Å². The zero-order valence-electron chi connectivity index (χ0n) is 25.9. The molecule has 0 amide bonds. The van der Waals surface area contributed by atoms with Crippen molar-refractivity contribution in [2.75, 3.05) is 33.0 Å². The second-order valence-corrected chi connectivity index (χ2v) is 12.0. The third-order valence-electron chi connectivity index (χ3n) is 8.70. The van der Waals surface area contributed by atoms with Crippen LogP contribution in [0.25, 0.3) is 0 Å². The van der Waals surface area contributed by atoms with Crippen LogP contribution in [0.15, 0.2) is 0 Å². The Morgan fingerprint density at radius 1 is 0.417 bits per heavy atom. The molecule has 0 bridgehead atoms. The van der Waals surface area contributed by atoms with Crippen LogP contribution in [0.2, 0.25) is 0 Å². The summed E-state index contributed by atoms with van der Waals surface area (Å²) in [5.74, 6) is 0. The number of aliphatic hydroxyl groups is 13. The maximum Gasteiger partial charge on any atom is 0.187 e. The van der Waals surface area contributed by atoms with Crippen LogP contribution in [-0.2, 0) is 37.9 Å². The number of rotatable bonds is 13. The summed E-state index contributed by atoms with van der Waals surface area (Å²) < 4.78 is 43.8. The molecule has 0 aromatic rings. The van der Waals surface area contributed by atoms with Crippen molar-refractivity contribution < 1.29 is 104 Å². The maximum atomic E-state index is 11.2. The van der Waals surface area contributed by atoms with Crippen LogP contribution in [-0.4, -0.2) is 222 Å². The lowest BCUT2D eigenvalue weighted by molar-refractivity contribution is -0.392. The van der Waals surface area contributed by atoms with Crippen LogP contribution in [0, 0.1) is 0 Å². The van der Waals surface area contributed by atoms with Crippen LogP contribution in [0.5, 0.6) is 0 Å². The molecule has 4 aliphatic rings. The van der Waals surface area contributed by atoms with Crippen molar-refractivity contribution in [3.8, 4) is 0 Å². The van der Waals surface area contributed by atoms with Gasteiger partial charge >= 0.3 is 0 Å². The molecule has 21 nitrogen and oxygen atoms in total. The Bertz CT molecular complexity index is 966. The van der Waals surface area contributed by atoms with Crippen molar-refractivity contribution in [1.82, 2.24) is 0 Å². The zero-order chi connectivity index (χ0) is 35.4. The van der Waals surface area contributed by atoms with E-state index in [-0.39, 0.29) is 6.61 Å². The van der Waals surface area contributed by atoms with Crippen LogP contribution in [0.4, 0.5) is 0 Å². The molecule has 4 saturated heterocycles. The highest BCUT2D eigenvalue weighted by molar-refractivity contribution is 4.98. The summed E-state index contributed by atoms with van der Waals surface area (Å²) in [5.41, 5.74) is 0. The van der Waals surface area contributed by atoms with E-state index in [0.29, 0.717) is 6.42 Å².